The van der Waals surface area contributed by atoms with Crippen molar-refractivity contribution in [3.05, 3.63) is 58.1 Å². The van der Waals surface area contributed by atoms with Crippen LogP contribution in [-0.2, 0) is 4.74 Å². The minimum atomic E-state index is -0.630. The van der Waals surface area contributed by atoms with Crippen LogP contribution in [0.15, 0.2) is 46.9 Å². The summed E-state index contributed by atoms with van der Waals surface area (Å²) in [5, 5.41) is 0. The molecule has 120 valence electrons. The number of benzene rings is 2. The van der Waals surface area contributed by atoms with E-state index in [1.807, 2.05) is 0 Å². The van der Waals surface area contributed by atoms with Crippen molar-refractivity contribution >= 4 is 27.7 Å². The maximum atomic E-state index is 12.1. The van der Waals surface area contributed by atoms with Crippen LogP contribution in [0.5, 0.6) is 11.5 Å². The van der Waals surface area contributed by atoms with Gasteiger partial charge >= 0.3 is 5.97 Å². The molecule has 0 aliphatic rings. The fourth-order valence-corrected chi connectivity index (χ4v) is 2.16. The lowest BCUT2D eigenvalue weighted by molar-refractivity contribution is 0.0471. The van der Waals surface area contributed by atoms with Crippen LogP contribution in [-0.4, -0.2) is 32.6 Å². The summed E-state index contributed by atoms with van der Waals surface area (Å²) >= 11 is 3.29. The van der Waals surface area contributed by atoms with Gasteiger partial charge in [0.15, 0.2) is 12.4 Å². The number of halogens is 1. The number of esters is 1. The van der Waals surface area contributed by atoms with Gasteiger partial charge in [-0.05, 0) is 24.3 Å². The average molecular weight is 379 g/mol. The Morgan fingerprint density at radius 1 is 1.00 bits per heavy atom. The van der Waals surface area contributed by atoms with E-state index in [4.69, 9.17) is 14.2 Å². The van der Waals surface area contributed by atoms with Crippen molar-refractivity contribution in [2.45, 2.75) is 0 Å². The molecule has 23 heavy (non-hydrogen) atoms. The molecule has 0 saturated heterocycles. The number of ether oxygens (including phenoxy) is 3. The second-order valence-corrected chi connectivity index (χ2v) is 5.49. The van der Waals surface area contributed by atoms with E-state index in [0.717, 1.165) is 4.47 Å². The topological polar surface area (TPSA) is 61.8 Å². The summed E-state index contributed by atoms with van der Waals surface area (Å²) < 4.78 is 16.1. The minimum Gasteiger partial charge on any atom is -0.497 e. The lowest BCUT2D eigenvalue weighted by Crippen LogP contribution is -2.15. The van der Waals surface area contributed by atoms with Gasteiger partial charge in [0.1, 0.15) is 17.1 Å². The van der Waals surface area contributed by atoms with Crippen molar-refractivity contribution in [2.75, 3.05) is 20.8 Å². The summed E-state index contributed by atoms with van der Waals surface area (Å²) in [5.41, 5.74) is 0.708. The molecule has 0 heterocycles. The zero-order chi connectivity index (χ0) is 16.8. The molecule has 0 aliphatic heterocycles. The largest absolute Gasteiger partial charge is 0.497 e. The van der Waals surface area contributed by atoms with Crippen molar-refractivity contribution in [2.24, 2.45) is 0 Å². The highest BCUT2D eigenvalue weighted by Crippen LogP contribution is 2.25. The maximum absolute atomic E-state index is 12.1. The predicted molar refractivity (Wildman–Crippen MR) is 88.3 cm³/mol. The number of carbonyl (C=O) groups is 2. The van der Waals surface area contributed by atoms with E-state index in [9.17, 15) is 9.59 Å². The molecular formula is C17H15BrO5. The maximum Gasteiger partial charge on any atom is 0.342 e. The van der Waals surface area contributed by atoms with E-state index in [0.29, 0.717) is 17.1 Å². The summed E-state index contributed by atoms with van der Waals surface area (Å²) in [6, 6.07) is 11.6. The van der Waals surface area contributed by atoms with Gasteiger partial charge in [-0.25, -0.2) is 4.79 Å². The predicted octanol–water partition coefficient (Wildman–Crippen LogP) is 3.51. The molecule has 0 amide bonds. The van der Waals surface area contributed by atoms with Crippen molar-refractivity contribution < 1.29 is 23.8 Å². The third-order valence-corrected chi connectivity index (χ3v) is 3.66. The zero-order valence-corrected chi connectivity index (χ0v) is 14.3. The highest BCUT2D eigenvalue weighted by Gasteiger charge is 2.16. The zero-order valence-electron chi connectivity index (χ0n) is 12.7. The first-order chi connectivity index (χ1) is 11.0. The second kappa shape index (κ2) is 7.78. The third-order valence-electron chi connectivity index (χ3n) is 3.13. The lowest BCUT2D eigenvalue weighted by Gasteiger charge is -2.10. The monoisotopic (exact) mass is 378 g/mol. The standard InChI is InChI=1S/C17H15BrO5/c1-21-13-7-8-14(16(9-13)22-2)17(20)23-10-15(19)11-3-5-12(18)6-4-11/h3-9H,10H2,1-2H3. The molecule has 0 unspecified atom stereocenters. The minimum absolute atomic E-state index is 0.233. The third kappa shape index (κ3) is 4.32. The van der Waals surface area contributed by atoms with Gasteiger partial charge in [0, 0.05) is 16.1 Å². The molecule has 2 rings (SSSR count). The van der Waals surface area contributed by atoms with Gasteiger partial charge < -0.3 is 14.2 Å². The molecule has 0 bridgehead atoms. The Bertz CT molecular complexity index is 709. The van der Waals surface area contributed by atoms with Gasteiger partial charge in [-0.3, -0.25) is 4.79 Å². The summed E-state index contributed by atoms with van der Waals surface area (Å²) in [7, 11) is 2.96. The Morgan fingerprint density at radius 2 is 1.70 bits per heavy atom. The first kappa shape index (κ1) is 17.0. The number of methoxy groups -OCH3 is 2. The molecule has 2 aromatic rings. The molecule has 0 saturated carbocycles. The van der Waals surface area contributed by atoms with Crippen molar-refractivity contribution in [3.8, 4) is 11.5 Å². The fraction of sp³-hybridized carbons (Fsp3) is 0.176. The van der Waals surface area contributed by atoms with E-state index in [1.54, 1.807) is 36.4 Å². The number of hydrogen-bond donors (Lipinski definition) is 0. The van der Waals surface area contributed by atoms with Gasteiger partial charge in [-0.15, -0.1) is 0 Å². The Hall–Kier alpha value is -2.34. The van der Waals surface area contributed by atoms with Crippen molar-refractivity contribution in [1.82, 2.24) is 0 Å². The van der Waals surface area contributed by atoms with Crippen LogP contribution >= 0.6 is 15.9 Å². The van der Waals surface area contributed by atoms with E-state index in [2.05, 4.69) is 15.9 Å². The van der Waals surface area contributed by atoms with E-state index in [-0.39, 0.29) is 18.0 Å². The normalized spacial score (nSPS) is 10.0. The molecule has 0 radical (unpaired) electrons. The molecule has 0 aliphatic carbocycles. The van der Waals surface area contributed by atoms with Gasteiger partial charge in [-0.2, -0.15) is 0 Å². The van der Waals surface area contributed by atoms with Gasteiger partial charge in [0.05, 0.1) is 14.2 Å². The van der Waals surface area contributed by atoms with Crippen molar-refractivity contribution in [3.63, 3.8) is 0 Å². The fourth-order valence-electron chi connectivity index (χ4n) is 1.90. The average Bonchev–Trinajstić information content (AvgIpc) is 2.59. The van der Waals surface area contributed by atoms with Crippen LogP contribution in [0.25, 0.3) is 0 Å². The molecule has 2 aromatic carbocycles. The first-order valence-electron chi connectivity index (χ1n) is 6.73. The summed E-state index contributed by atoms with van der Waals surface area (Å²) in [6.45, 7) is -0.338. The van der Waals surface area contributed by atoms with Crippen LogP contribution < -0.4 is 9.47 Å². The summed E-state index contributed by atoms with van der Waals surface area (Å²) in [6.07, 6.45) is 0. The number of ketones is 1. The number of hydrogen-bond acceptors (Lipinski definition) is 5. The van der Waals surface area contributed by atoms with Crippen LogP contribution in [0.2, 0.25) is 0 Å². The highest BCUT2D eigenvalue weighted by molar-refractivity contribution is 9.10. The molecule has 0 atom stereocenters. The van der Waals surface area contributed by atoms with E-state index >= 15 is 0 Å². The van der Waals surface area contributed by atoms with Crippen LogP contribution in [0.1, 0.15) is 20.7 Å². The van der Waals surface area contributed by atoms with Gasteiger partial charge in [-0.1, -0.05) is 28.1 Å². The molecule has 0 spiro atoms. The van der Waals surface area contributed by atoms with Crippen LogP contribution in [0, 0.1) is 0 Å². The number of Topliss-reactive ketones (excluding diaryl/α,β-unsaturated/α-hetero) is 1. The Balaban J connectivity index is 2.04. The number of rotatable bonds is 6. The Kier molecular flexibility index (Phi) is 5.76. The second-order valence-electron chi connectivity index (χ2n) is 4.57. The van der Waals surface area contributed by atoms with Gasteiger partial charge in [0.2, 0.25) is 0 Å². The smallest absolute Gasteiger partial charge is 0.342 e. The molecule has 0 aromatic heterocycles. The van der Waals surface area contributed by atoms with E-state index < -0.39 is 5.97 Å². The SMILES string of the molecule is COc1ccc(C(=O)OCC(=O)c2ccc(Br)cc2)c(OC)c1. The molecular weight excluding hydrogens is 364 g/mol. The first-order valence-corrected chi connectivity index (χ1v) is 7.52. The molecule has 0 N–H and O–H groups in total. The van der Waals surface area contributed by atoms with Crippen LogP contribution in [0.3, 0.4) is 0 Å². The summed E-state index contributed by atoms with van der Waals surface area (Å²) in [4.78, 5) is 24.1. The quantitative estimate of drug-likeness (QED) is 0.568. The molecule has 0 fully saturated rings. The van der Waals surface area contributed by atoms with E-state index in [1.165, 1.54) is 20.3 Å². The number of carbonyl (C=O) groups excluding carboxylic acids is 2. The highest BCUT2D eigenvalue weighted by atomic mass is 79.9. The van der Waals surface area contributed by atoms with Crippen molar-refractivity contribution in [1.29, 1.82) is 0 Å². The molecule has 6 heteroatoms. The van der Waals surface area contributed by atoms with Gasteiger partial charge in [0.25, 0.3) is 0 Å². The van der Waals surface area contributed by atoms with Crippen LogP contribution in [0.4, 0.5) is 0 Å². The summed E-state index contributed by atoms with van der Waals surface area (Å²) in [5.74, 6) is -0.0249. The molecule has 5 nitrogen and oxygen atoms in total. The Morgan fingerprint density at radius 3 is 2.30 bits per heavy atom. The lowest BCUT2D eigenvalue weighted by atomic mass is 10.1. The Labute approximate surface area is 142 Å².